The standard InChI is InChI=1S/C16H29N5/c1-14(2)19-5-7-20(8-6-19)16-12-18(13-16)4-9-21-11-15(3)10-17-21/h10-11,14,16H,4-9,12-13H2,1-3H3. The number of hydrogen-bond donors (Lipinski definition) is 0. The zero-order chi connectivity index (χ0) is 14.8. The highest BCUT2D eigenvalue weighted by molar-refractivity contribution is 4.99. The average Bonchev–Trinajstić information content (AvgIpc) is 2.83. The van der Waals surface area contributed by atoms with Crippen molar-refractivity contribution in [3.05, 3.63) is 18.0 Å². The first kappa shape index (κ1) is 15.0. The SMILES string of the molecule is Cc1cnn(CCN2CC(N3CCN(C(C)C)CC3)C2)c1. The lowest BCUT2D eigenvalue weighted by Crippen LogP contribution is -2.63. The Bertz CT molecular complexity index is 441. The Morgan fingerprint density at radius 2 is 1.86 bits per heavy atom. The molecule has 2 saturated heterocycles. The van der Waals surface area contributed by atoms with Gasteiger partial charge < -0.3 is 0 Å². The van der Waals surface area contributed by atoms with E-state index >= 15 is 0 Å². The molecule has 0 aromatic carbocycles. The van der Waals surface area contributed by atoms with E-state index in [1.165, 1.54) is 44.8 Å². The minimum atomic E-state index is 0.697. The molecule has 5 nitrogen and oxygen atoms in total. The molecular formula is C16H29N5. The number of aryl methyl sites for hydroxylation is 1. The van der Waals surface area contributed by atoms with Crippen molar-refractivity contribution >= 4 is 0 Å². The lowest BCUT2D eigenvalue weighted by molar-refractivity contribution is -0.00201. The van der Waals surface area contributed by atoms with Crippen LogP contribution in [-0.2, 0) is 6.54 Å². The van der Waals surface area contributed by atoms with Crippen molar-refractivity contribution in [3.8, 4) is 0 Å². The Kier molecular flexibility index (Phi) is 4.62. The van der Waals surface area contributed by atoms with Gasteiger partial charge in [0.25, 0.3) is 0 Å². The van der Waals surface area contributed by atoms with Crippen LogP contribution in [0.5, 0.6) is 0 Å². The third-order valence-electron chi connectivity index (χ3n) is 4.94. The van der Waals surface area contributed by atoms with E-state index in [2.05, 4.69) is 51.4 Å². The van der Waals surface area contributed by atoms with Crippen LogP contribution >= 0.6 is 0 Å². The Hall–Kier alpha value is -0.910. The van der Waals surface area contributed by atoms with E-state index in [-0.39, 0.29) is 0 Å². The minimum Gasteiger partial charge on any atom is -0.298 e. The van der Waals surface area contributed by atoms with Crippen LogP contribution in [0, 0.1) is 6.92 Å². The number of aromatic nitrogens is 2. The summed E-state index contributed by atoms with van der Waals surface area (Å²) in [6, 6.07) is 1.49. The van der Waals surface area contributed by atoms with Gasteiger partial charge in [0.1, 0.15) is 0 Å². The molecule has 2 fully saturated rings. The van der Waals surface area contributed by atoms with Crippen molar-refractivity contribution in [3.63, 3.8) is 0 Å². The molecule has 0 bridgehead atoms. The summed E-state index contributed by atoms with van der Waals surface area (Å²) in [6.07, 6.45) is 4.07. The molecule has 5 heteroatoms. The van der Waals surface area contributed by atoms with Gasteiger partial charge in [-0.2, -0.15) is 5.10 Å². The number of piperazine rings is 1. The van der Waals surface area contributed by atoms with E-state index < -0.39 is 0 Å². The number of likely N-dealkylation sites (tertiary alicyclic amines) is 1. The maximum atomic E-state index is 4.35. The van der Waals surface area contributed by atoms with Crippen molar-refractivity contribution in [2.45, 2.75) is 39.4 Å². The van der Waals surface area contributed by atoms with Crippen molar-refractivity contribution < 1.29 is 0 Å². The van der Waals surface area contributed by atoms with Crippen molar-refractivity contribution in [1.82, 2.24) is 24.5 Å². The Morgan fingerprint density at radius 3 is 2.43 bits per heavy atom. The van der Waals surface area contributed by atoms with Crippen molar-refractivity contribution in [2.24, 2.45) is 0 Å². The third-order valence-corrected chi connectivity index (χ3v) is 4.94. The molecular weight excluding hydrogens is 262 g/mol. The van der Waals surface area contributed by atoms with Crippen LogP contribution in [0.4, 0.5) is 0 Å². The first-order chi connectivity index (χ1) is 10.1. The molecule has 0 aliphatic carbocycles. The second kappa shape index (κ2) is 6.46. The van der Waals surface area contributed by atoms with E-state index in [0.29, 0.717) is 6.04 Å². The number of nitrogens with zero attached hydrogens (tertiary/aromatic N) is 5. The molecule has 1 aromatic rings. The van der Waals surface area contributed by atoms with Crippen LogP contribution < -0.4 is 0 Å². The van der Waals surface area contributed by atoms with Gasteiger partial charge in [-0.25, -0.2) is 0 Å². The fourth-order valence-corrected chi connectivity index (χ4v) is 3.41. The summed E-state index contributed by atoms with van der Waals surface area (Å²) in [5.41, 5.74) is 1.25. The molecule has 0 radical (unpaired) electrons. The second-order valence-corrected chi connectivity index (χ2v) is 6.86. The maximum Gasteiger partial charge on any atom is 0.0536 e. The zero-order valence-corrected chi connectivity index (χ0v) is 13.7. The van der Waals surface area contributed by atoms with Gasteiger partial charge in [0.05, 0.1) is 12.7 Å². The van der Waals surface area contributed by atoms with Gasteiger partial charge in [-0.15, -0.1) is 0 Å². The van der Waals surface area contributed by atoms with Gasteiger partial charge in [-0.1, -0.05) is 0 Å². The summed E-state index contributed by atoms with van der Waals surface area (Å²) in [5, 5.41) is 4.35. The van der Waals surface area contributed by atoms with E-state index in [1.54, 1.807) is 0 Å². The van der Waals surface area contributed by atoms with Crippen molar-refractivity contribution in [2.75, 3.05) is 45.8 Å². The molecule has 0 unspecified atom stereocenters. The summed E-state index contributed by atoms with van der Waals surface area (Å²) in [4.78, 5) is 7.83. The first-order valence-electron chi connectivity index (χ1n) is 8.31. The van der Waals surface area contributed by atoms with Crippen LogP contribution in [0.25, 0.3) is 0 Å². The quantitative estimate of drug-likeness (QED) is 0.806. The van der Waals surface area contributed by atoms with Crippen LogP contribution in [0.3, 0.4) is 0 Å². The predicted octanol–water partition coefficient (Wildman–Crippen LogP) is 0.902. The van der Waals surface area contributed by atoms with Gasteiger partial charge in [-0.05, 0) is 26.3 Å². The second-order valence-electron chi connectivity index (χ2n) is 6.86. The number of hydrogen-bond acceptors (Lipinski definition) is 4. The molecule has 2 aliphatic heterocycles. The molecule has 0 saturated carbocycles. The van der Waals surface area contributed by atoms with Gasteiger partial charge in [0.15, 0.2) is 0 Å². The predicted molar refractivity (Wildman–Crippen MR) is 85.5 cm³/mol. The fourth-order valence-electron chi connectivity index (χ4n) is 3.41. The molecule has 3 rings (SSSR count). The lowest BCUT2D eigenvalue weighted by Gasteiger charge is -2.48. The van der Waals surface area contributed by atoms with Crippen molar-refractivity contribution in [1.29, 1.82) is 0 Å². The summed E-state index contributed by atoms with van der Waals surface area (Å²) in [5.74, 6) is 0. The molecule has 0 spiro atoms. The molecule has 21 heavy (non-hydrogen) atoms. The fraction of sp³-hybridized carbons (Fsp3) is 0.812. The van der Waals surface area contributed by atoms with Gasteiger partial charge in [0, 0.05) is 64.1 Å². The van der Waals surface area contributed by atoms with Crippen LogP contribution in [0.2, 0.25) is 0 Å². The van der Waals surface area contributed by atoms with E-state index in [9.17, 15) is 0 Å². The van der Waals surface area contributed by atoms with E-state index in [4.69, 9.17) is 0 Å². The monoisotopic (exact) mass is 291 g/mol. The summed E-state index contributed by atoms with van der Waals surface area (Å²) in [7, 11) is 0. The molecule has 2 aliphatic rings. The van der Waals surface area contributed by atoms with Crippen LogP contribution in [0.15, 0.2) is 12.4 Å². The smallest absolute Gasteiger partial charge is 0.0536 e. The van der Waals surface area contributed by atoms with Gasteiger partial charge >= 0.3 is 0 Å². The Labute approximate surface area is 128 Å². The Morgan fingerprint density at radius 1 is 1.14 bits per heavy atom. The highest BCUT2D eigenvalue weighted by Crippen LogP contribution is 2.17. The zero-order valence-electron chi connectivity index (χ0n) is 13.7. The third kappa shape index (κ3) is 3.65. The van der Waals surface area contributed by atoms with Gasteiger partial charge in [0.2, 0.25) is 0 Å². The Balaban J connectivity index is 1.34. The van der Waals surface area contributed by atoms with E-state index in [1.807, 2.05) is 6.20 Å². The molecule has 0 amide bonds. The molecule has 3 heterocycles. The molecule has 1 aromatic heterocycles. The topological polar surface area (TPSA) is 27.5 Å². The largest absolute Gasteiger partial charge is 0.298 e. The molecule has 118 valence electrons. The first-order valence-corrected chi connectivity index (χ1v) is 8.31. The lowest BCUT2D eigenvalue weighted by atomic mass is 10.1. The van der Waals surface area contributed by atoms with Gasteiger partial charge in [-0.3, -0.25) is 19.4 Å². The highest BCUT2D eigenvalue weighted by Gasteiger charge is 2.33. The molecule has 0 N–H and O–H groups in total. The number of rotatable bonds is 5. The minimum absolute atomic E-state index is 0.697. The summed E-state index contributed by atoms with van der Waals surface area (Å²) >= 11 is 0. The van der Waals surface area contributed by atoms with Crippen LogP contribution in [0.1, 0.15) is 19.4 Å². The summed E-state index contributed by atoms with van der Waals surface area (Å²) < 4.78 is 2.06. The van der Waals surface area contributed by atoms with Crippen LogP contribution in [-0.4, -0.2) is 82.4 Å². The summed E-state index contributed by atoms with van der Waals surface area (Å²) in [6.45, 7) is 16.3. The average molecular weight is 291 g/mol. The van der Waals surface area contributed by atoms with E-state index in [0.717, 1.165) is 19.1 Å². The normalized spacial score (nSPS) is 22.9. The highest BCUT2D eigenvalue weighted by atomic mass is 15.4. The maximum absolute atomic E-state index is 4.35. The molecule has 0 atom stereocenters.